The van der Waals surface area contributed by atoms with E-state index in [0.29, 0.717) is 10.1 Å². The number of rotatable bonds is 17. The van der Waals surface area contributed by atoms with Crippen LogP contribution in [0, 0.1) is 17.1 Å². The van der Waals surface area contributed by atoms with E-state index in [0.717, 1.165) is 53.8 Å². The van der Waals surface area contributed by atoms with E-state index in [4.69, 9.17) is 9.79 Å². The Balaban J connectivity index is 1.21. The zero-order valence-electron chi connectivity index (χ0n) is 29.9. The van der Waals surface area contributed by atoms with Gasteiger partial charge >= 0.3 is 7.60 Å². The molecule has 4 aromatic carbocycles. The summed E-state index contributed by atoms with van der Waals surface area (Å²) in [5.74, 6) is -4.82. The van der Waals surface area contributed by atoms with Crippen LogP contribution in [0.3, 0.4) is 0 Å². The Bertz CT molecular complexity index is 2510. The molecule has 0 fully saturated rings. The minimum atomic E-state index is -4.67. The number of phenolic OH excluding ortho intramolecular Hbond substituents is 4. The lowest BCUT2D eigenvalue weighted by atomic mass is 10.2. The molecule has 0 aliphatic rings. The molecule has 5 rings (SSSR count). The molecule has 0 aliphatic carbocycles. The van der Waals surface area contributed by atoms with Crippen molar-refractivity contribution in [2.45, 2.75) is 4.21 Å². The molecular formula is C36H34FN6O12PS2. The van der Waals surface area contributed by atoms with Gasteiger partial charge < -0.3 is 45.8 Å². The van der Waals surface area contributed by atoms with Gasteiger partial charge in [-0.2, -0.15) is 9.98 Å². The van der Waals surface area contributed by atoms with Crippen molar-refractivity contribution >= 4 is 62.5 Å². The van der Waals surface area contributed by atoms with Gasteiger partial charge in [0.1, 0.15) is 28.1 Å². The molecule has 1 unspecified atom stereocenters. The van der Waals surface area contributed by atoms with Crippen molar-refractivity contribution in [2.24, 2.45) is 0 Å². The van der Waals surface area contributed by atoms with Crippen LogP contribution in [0.2, 0.25) is 0 Å². The van der Waals surface area contributed by atoms with Crippen LogP contribution in [0.4, 0.5) is 10.1 Å². The van der Waals surface area contributed by atoms with Crippen LogP contribution in [0.25, 0.3) is 10.1 Å². The Morgan fingerprint density at radius 2 is 1.43 bits per heavy atom. The summed E-state index contributed by atoms with van der Waals surface area (Å²) >= 11 is 0.840. The lowest BCUT2D eigenvalue weighted by Gasteiger charge is -2.22. The SMILES string of the molecule is N#Cc1ccc(OP(=O)(O)CNS(=O)(=O)c2cc3cc(NC(=O)CN(CCNC(=O)c4ccc(O)c(O)c4)CCNC(=O)c4ccc(O)c(O)c4)ccc3s2)cc1F. The minimum absolute atomic E-state index is 0.0194. The average Bonchev–Trinajstić information content (AvgIpc) is 3.61. The number of nitriles is 1. The average molecular weight is 857 g/mol. The number of thiophene rings is 1. The number of aromatic hydroxyl groups is 4. The maximum absolute atomic E-state index is 13.9. The largest absolute Gasteiger partial charge is 0.504 e. The van der Waals surface area contributed by atoms with Gasteiger partial charge in [-0.15, -0.1) is 11.3 Å². The summed E-state index contributed by atoms with van der Waals surface area (Å²) in [7, 11) is -9.02. The van der Waals surface area contributed by atoms with Crippen molar-refractivity contribution in [2.75, 3.05) is 44.3 Å². The molecule has 58 heavy (non-hydrogen) atoms. The van der Waals surface area contributed by atoms with E-state index in [1.165, 1.54) is 30.3 Å². The van der Waals surface area contributed by atoms with Crippen LogP contribution < -0.4 is 25.2 Å². The zero-order valence-corrected chi connectivity index (χ0v) is 32.4. The van der Waals surface area contributed by atoms with Crippen molar-refractivity contribution < 1.29 is 61.6 Å². The Morgan fingerprint density at radius 1 is 0.828 bits per heavy atom. The number of halogens is 1. The summed E-state index contributed by atoms with van der Waals surface area (Å²) in [5.41, 5.74) is 0.105. The zero-order chi connectivity index (χ0) is 42.2. The monoisotopic (exact) mass is 856 g/mol. The quantitative estimate of drug-likeness (QED) is 0.0479. The maximum atomic E-state index is 13.9. The summed E-state index contributed by atoms with van der Waals surface area (Å²) in [4.78, 5) is 50.3. The van der Waals surface area contributed by atoms with E-state index < -0.39 is 70.4 Å². The molecule has 304 valence electrons. The fourth-order valence-corrected chi connectivity index (χ4v) is 9.09. The predicted octanol–water partition coefficient (Wildman–Crippen LogP) is 3.34. The maximum Gasteiger partial charge on any atom is 0.391 e. The molecule has 0 radical (unpaired) electrons. The molecule has 0 bridgehead atoms. The normalized spacial score (nSPS) is 12.4. The first-order valence-corrected chi connectivity index (χ1v) is 20.9. The summed E-state index contributed by atoms with van der Waals surface area (Å²) in [6, 6.07) is 17.4. The highest BCUT2D eigenvalue weighted by Gasteiger charge is 2.27. The molecule has 1 atom stereocenters. The van der Waals surface area contributed by atoms with Gasteiger partial charge in [0.25, 0.3) is 21.8 Å². The molecule has 0 saturated heterocycles. The van der Waals surface area contributed by atoms with Crippen LogP contribution in [0.5, 0.6) is 28.7 Å². The molecule has 22 heteroatoms. The summed E-state index contributed by atoms with van der Waals surface area (Å²) in [6.07, 6.45) is -1.06. The second-order valence-corrected chi connectivity index (χ2v) is 17.2. The molecule has 9 N–H and O–H groups in total. The molecule has 1 heterocycles. The Kier molecular flexibility index (Phi) is 13.5. The summed E-state index contributed by atoms with van der Waals surface area (Å²) < 4.78 is 59.7. The molecule has 5 aromatic rings. The number of benzene rings is 4. The first-order chi connectivity index (χ1) is 27.4. The highest BCUT2D eigenvalue weighted by molar-refractivity contribution is 7.92. The molecule has 18 nitrogen and oxygen atoms in total. The molecule has 0 aliphatic heterocycles. The standard InChI is InChI=1S/C36H34FN6O12PS2/c37-27-17-26(5-1-23(27)18-38)55-56(51,52)20-41-58(53,54)34-16-24-13-25(4-8-32(24)57-34)42-33(48)19-43(11-9-39-35(49)21-2-6-28(44)30(46)14-21)12-10-40-36(50)22-3-7-29(45)31(47)15-22/h1-8,13-17,41,44-47H,9-12,19-20H2,(H,39,49)(H,40,50)(H,42,48)(H,51,52). The van der Waals surface area contributed by atoms with Crippen LogP contribution >= 0.6 is 18.9 Å². The number of hydrogen-bond acceptors (Lipinski definition) is 14. The molecule has 1 aromatic heterocycles. The van der Waals surface area contributed by atoms with Gasteiger partial charge in [-0.1, -0.05) is 0 Å². The third kappa shape index (κ3) is 11.4. The highest BCUT2D eigenvalue weighted by atomic mass is 32.2. The fraction of sp³-hybridized carbons (Fsp3) is 0.167. The number of fused-ring (bicyclic) bond motifs is 1. The fourth-order valence-electron chi connectivity index (χ4n) is 5.17. The van der Waals surface area contributed by atoms with Gasteiger partial charge in [0.05, 0.1) is 12.1 Å². The van der Waals surface area contributed by atoms with Crippen LogP contribution in [-0.2, 0) is 19.4 Å². The topological polar surface area (TPSA) is 288 Å². The van der Waals surface area contributed by atoms with Crippen molar-refractivity contribution in [3.63, 3.8) is 0 Å². The minimum Gasteiger partial charge on any atom is -0.504 e. The van der Waals surface area contributed by atoms with Gasteiger partial charge in [-0.3, -0.25) is 19.3 Å². The second-order valence-electron chi connectivity index (χ2n) is 12.3. The first kappa shape index (κ1) is 42.9. The van der Waals surface area contributed by atoms with Crippen molar-refractivity contribution in [3.05, 3.63) is 101 Å². The molecular weight excluding hydrogens is 823 g/mol. The van der Waals surface area contributed by atoms with Gasteiger partial charge in [0.15, 0.2) is 23.0 Å². The van der Waals surface area contributed by atoms with Crippen LogP contribution in [0.15, 0.2) is 83.1 Å². The van der Waals surface area contributed by atoms with E-state index in [1.54, 1.807) is 17.0 Å². The van der Waals surface area contributed by atoms with Crippen molar-refractivity contribution in [1.82, 2.24) is 20.3 Å². The van der Waals surface area contributed by atoms with E-state index >= 15 is 0 Å². The van der Waals surface area contributed by atoms with E-state index in [9.17, 15) is 57.1 Å². The number of phenols is 4. The number of sulfonamides is 1. The number of hydrogen-bond donors (Lipinski definition) is 9. The van der Waals surface area contributed by atoms with E-state index in [2.05, 4.69) is 16.0 Å². The number of carbonyl (C=O) groups excluding carboxylic acids is 3. The van der Waals surface area contributed by atoms with Crippen molar-refractivity contribution in [3.8, 4) is 34.8 Å². The third-order valence-electron chi connectivity index (χ3n) is 8.08. The van der Waals surface area contributed by atoms with Gasteiger partial charge in [0.2, 0.25) is 5.91 Å². The summed E-state index contributed by atoms with van der Waals surface area (Å²) in [5, 5.41) is 55.8. The lowest BCUT2D eigenvalue weighted by Crippen LogP contribution is -2.43. The van der Waals surface area contributed by atoms with E-state index in [-0.39, 0.29) is 65.1 Å². The second kappa shape index (κ2) is 18.3. The number of amides is 3. The first-order valence-electron chi connectivity index (χ1n) is 16.8. The lowest BCUT2D eigenvalue weighted by molar-refractivity contribution is -0.117. The Hall–Kier alpha value is -6.27. The number of anilines is 1. The number of nitrogens with one attached hydrogen (secondary N) is 4. The molecule has 0 spiro atoms. The van der Waals surface area contributed by atoms with Crippen molar-refractivity contribution in [1.29, 1.82) is 5.26 Å². The summed E-state index contributed by atoms with van der Waals surface area (Å²) in [6.45, 7) is 0.00647. The van der Waals surface area contributed by atoms with Gasteiger partial charge in [0, 0.05) is 53.8 Å². The number of nitrogens with zero attached hydrogens (tertiary/aromatic N) is 2. The Labute approximate surface area is 333 Å². The molecule has 0 saturated carbocycles. The smallest absolute Gasteiger partial charge is 0.391 e. The van der Waals surface area contributed by atoms with Crippen LogP contribution in [-0.4, -0.2) is 95.4 Å². The van der Waals surface area contributed by atoms with Gasteiger partial charge in [-0.05, 0) is 78.2 Å². The van der Waals surface area contributed by atoms with Gasteiger partial charge in [-0.25, -0.2) is 17.4 Å². The van der Waals surface area contributed by atoms with E-state index in [1.807, 2.05) is 4.72 Å². The number of carbonyl (C=O) groups is 3. The highest BCUT2D eigenvalue weighted by Crippen LogP contribution is 2.42. The van der Waals surface area contributed by atoms with Crippen LogP contribution in [0.1, 0.15) is 26.3 Å². The predicted molar refractivity (Wildman–Crippen MR) is 208 cm³/mol. The molecule has 3 amide bonds. The Morgan fingerprint density at radius 3 is 1.98 bits per heavy atom. The third-order valence-corrected chi connectivity index (χ3v) is 12.3.